The number of nitrogens with one attached hydrogen (secondary N) is 1. The van der Waals surface area contributed by atoms with Crippen LogP contribution in [0.4, 0.5) is 5.13 Å². The highest BCUT2D eigenvalue weighted by molar-refractivity contribution is 7.20. The van der Waals surface area contributed by atoms with Crippen molar-refractivity contribution in [2.45, 2.75) is 19.4 Å². The van der Waals surface area contributed by atoms with Gasteiger partial charge >= 0.3 is 0 Å². The molecule has 2 aliphatic rings. The first-order valence-electron chi connectivity index (χ1n) is 11.6. The van der Waals surface area contributed by atoms with Crippen LogP contribution >= 0.6 is 11.3 Å². The fraction of sp³-hybridized carbons (Fsp3) is 0.320. The van der Waals surface area contributed by atoms with Gasteiger partial charge in [0.05, 0.1) is 24.9 Å². The molecule has 0 aliphatic carbocycles. The molecule has 1 fully saturated rings. The zero-order valence-corrected chi connectivity index (χ0v) is 20.1. The van der Waals surface area contributed by atoms with Crippen molar-refractivity contribution >= 4 is 27.3 Å². The number of nitrogens with zero attached hydrogens (tertiary/aromatic N) is 4. The monoisotopic (exact) mass is 491 g/mol. The second kappa shape index (κ2) is 9.10. The molecule has 0 unspecified atom stereocenters. The molecule has 10 heteroatoms. The van der Waals surface area contributed by atoms with E-state index in [9.17, 15) is 4.79 Å². The first-order valence-corrected chi connectivity index (χ1v) is 12.4. The van der Waals surface area contributed by atoms with Gasteiger partial charge in [-0.2, -0.15) is 0 Å². The van der Waals surface area contributed by atoms with E-state index in [4.69, 9.17) is 24.3 Å². The summed E-state index contributed by atoms with van der Waals surface area (Å²) in [7, 11) is 1.65. The molecule has 0 saturated carbocycles. The molecular weight excluding hydrogens is 466 g/mol. The molecule has 1 amide bonds. The Kier molecular flexibility index (Phi) is 5.65. The Hall–Kier alpha value is -3.79. The van der Waals surface area contributed by atoms with Gasteiger partial charge in [-0.05, 0) is 54.8 Å². The number of methoxy groups -OCH3 is 1. The third-order valence-corrected chi connectivity index (χ3v) is 7.37. The van der Waals surface area contributed by atoms with E-state index in [1.54, 1.807) is 18.4 Å². The second-order valence-corrected chi connectivity index (χ2v) is 9.59. The Morgan fingerprint density at radius 1 is 1.20 bits per heavy atom. The average molecular weight is 492 g/mol. The van der Waals surface area contributed by atoms with Gasteiger partial charge in [0.25, 0.3) is 0 Å². The Labute approximate surface area is 206 Å². The number of aromatic nitrogens is 3. The topological polar surface area (TPSA) is 90.2 Å². The number of carbonyl (C=O) groups is 1. The van der Waals surface area contributed by atoms with Crippen LogP contribution in [0.15, 0.2) is 48.7 Å². The predicted molar refractivity (Wildman–Crippen MR) is 132 cm³/mol. The summed E-state index contributed by atoms with van der Waals surface area (Å²) in [5.74, 6) is 2.27. The molecule has 1 saturated heterocycles. The lowest BCUT2D eigenvalue weighted by Gasteiger charge is -2.31. The van der Waals surface area contributed by atoms with Crippen LogP contribution in [0.25, 0.3) is 16.2 Å². The summed E-state index contributed by atoms with van der Waals surface area (Å²) in [6, 6.07) is 13.6. The van der Waals surface area contributed by atoms with Gasteiger partial charge in [0, 0.05) is 25.2 Å². The largest absolute Gasteiger partial charge is 0.497 e. The number of amides is 1. The van der Waals surface area contributed by atoms with Crippen LogP contribution in [0.1, 0.15) is 18.4 Å². The first-order chi connectivity index (χ1) is 17.2. The molecule has 4 aromatic rings. The van der Waals surface area contributed by atoms with Crippen molar-refractivity contribution in [2.75, 3.05) is 31.9 Å². The van der Waals surface area contributed by atoms with Crippen LogP contribution in [0, 0.1) is 5.92 Å². The van der Waals surface area contributed by atoms with Gasteiger partial charge in [0.15, 0.2) is 11.5 Å². The molecule has 180 valence electrons. The molecule has 2 aromatic carbocycles. The van der Waals surface area contributed by atoms with Gasteiger partial charge in [-0.3, -0.25) is 4.79 Å². The third kappa shape index (κ3) is 4.37. The zero-order chi connectivity index (χ0) is 23.8. The van der Waals surface area contributed by atoms with E-state index in [0.29, 0.717) is 13.1 Å². The van der Waals surface area contributed by atoms with Crippen molar-refractivity contribution in [1.29, 1.82) is 0 Å². The van der Waals surface area contributed by atoms with Crippen molar-refractivity contribution in [3.8, 4) is 28.5 Å². The highest BCUT2D eigenvalue weighted by atomic mass is 32.1. The van der Waals surface area contributed by atoms with Crippen LogP contribution in [0.5, 0.6) is 17.2 Å². The number of carbonyl (C=O) groups excluding carboxylic acids is 1. The van der Waals surface area contributed by atoms with Gasteiger partial charge in [-0.1, -0.05) is 17.4 Å². The summed E-state index contributed by atoms with van der Waals surface area (Å²) in [6.07, 6.45) is 3.76. The summed E-state index contributed by atoms with van der Waals surface area (Å²) >= 11 is 1.55. The number of hydrogen-bond acceptors (Lipinski definition) is 8. The summed E-state index contributed by atoms with van der Waals surface area (Å²) in [5, 5.41) is 8.73. The van der Waals surface area contributed by atoms with E-state index in [1.807, 2.05) is 53.2 Å². The fourth-order valence-corrected chi connectivity index (χ4v) is 5.39. The lowest BCUT2D eigenvalue weighted by atomic mass is 9.97. The number of imidazole rings is 1. The number of rotatable bonds is 6. The maximum Gasteiger partial charge on any atom is 0.231 e. The minimum absolute atomic E-state index is 0.0653. The lowest BCUT2D eigenvalue weighted by Crippen LogP contribution is -2.43. The third-order valence-electron chi connectivity index (χ3n) is 6.38. The number of fused-ring (bicyclic) bond motifs is 2. The molecule has 6 rings (SSSR count). The molecular formula is C25H25N5O4S. The molecule has 1 atom stereocenters. The highest BCUT2D eigenvalue weighted by Crippen LogP contribution is 2.33. The minimum atomic E-state index is -0.0798. The van der Waals surface area contributed by atoms with Gasteiger partial charge in [-0.25, -0.2) is 9.50 Å². The van der Waals surface area contributed by atoms with Gasteiger partial charge < -0.3 is 24.4 Å². The molecule has 4 heterocycles. The van der Waals surface area contributed by atoms with E-state index >= 15 is 0 Å². The van der Waals surface area contributed by atoms with Gasteiger partial charge in [0.2, 0.25) is 22.8 Å². The number of ether oxygens (including phenoxy) is 3. The summed E-state index contributed by atoms with van der Waals surface area (Å²) in [6.45, 7) is 2.24. The molecule has 0 spiro atoms. The molecule has 0 bridgehead atoms. The lowest BCUT2D eigenvalue weighted by molar-refractivity contribution is -0.125. The Morgan fingerprint density at radius 2 is 2.06 bits per heavy atom. The molecule has 1 N–H and O–H groups in total. The maximum atomic E-state index is 12.9. The fourth-order valence-electron chi connectivity index (χ4n) is 4.47. The van der Waals surface area contributed by atoms with E-state index in [0.717, 1.165) is 63.5 Å². The van der Waals surface area contributed by atoms with E-state index in [1.165, 1.54) is 0 Å². The van der Waals surface area contributed by atoms with Gasteiger partial charge in [0.1, 0.15) is 5.75 Å². The number of hydrogen-bond donors (Lipinski definition) is 1. The van der Waals surface area contributed by atoms with Crippen LogP contribution in [0.3, 0.4) is 0 Å². The van der Waals surface area contributed by atoms with Crippen LogP contribution in [-0.4, -0.2) is 47.5 Å². The smallest absolute Gasteiger partial charge is 0.231 e. The number of benzene rings is 2. The normalized spacial score (nSPS) is 17.1. The van der Waals surface area contributed by atoms with Crippen molar-refractivity contribution < 1.29 is 19.0 Å². The average Bonchev–Trinajstić information content (AvgIpc) is 3.62. The SMILES string of the molecule is COc1ccc(-c2cn3nc(N4CCC[C@H](C(=O)NCc5ccc6c(c5)OCO6)C4)sc3n2)cc1. The van der Waals surface area contributed by atoms with Crippen molar-refractivity contribution in [1.82, 2.24) is 19.9 Å². The second-order valence-electron chi connectivity index (χ2n) is 8.66. The molecule has 9 nitrogen and oxygen atoms in total. The summed E-state index contributed by atoms with van der Waals surface area (Å²) in [5.41, 5.74) is 2.88. The maximum absolute atomic E-state index is 12.9. The molecule has 0 radical (unpaired) electrons. The molecule has 2 aromatic heterocycles. The van der Waals surface area contributed by atoms with Crippen molar-refractivity contribution in [3.63, 3.8) is 0 Å². The quantitative estimate of drug-likeness (QED) is 0.440. The van der Waals surface area contributed by atoms with Crippen LogP contribution in [-0.2, 0) is 11.3 Å². The highest BCUT2D eigenvalue weighted by Gasteiger charge is 2.28. The number of anilines is 1. The van der Waals surface area contributed by atoms with Crippen LogP contribution in [0.2, 0.25) is 0 Å². The first kappa shape index (κ1) is 21.7. The Bertz CT molecular complexity index is 1330. The van der Waals surface area contributed by atoms with Crippen molar-refractivity contribution in [3.05, 3.63) is 54.2 Å². The predicted octanol–water partition coefficient (Wildman–Crippen LogP) is 3.73. The number of piperidine rings is 1. The van der Waals surface area contributed by atoms with E-state index in [-0.39, 0.29) is 18.6 Å². The Balaban J connectivity index is 1.10. The zero-order valence-electron chi connectivity index (χ0n) is 19.3. The van der Waals surface area contributed by atoms with E-state index in [2.05, 4.69) is 10.2 Å². The Morgan fingerprint density at radius 3 is 2.89 bits per heavy atom. The van der Waals surface area contributed by atoms with Crippen LogP contribution < -0.4 is 24.4 Å². The molecule has 2 aliphatic heterocycles. The minimum Gasteiger partial charge on any atom is -0.497 e. The van der Waals surface area contributed by atoms with E-state index < -0.39 is 0 Å². The molecule has 35 heavy (non-hydrogen) atoms. The summed E-state index contributed by atoms with van der Waals surface area (Å²) in [4.78, 5) is 20.7. The summed E-state index contributed by atoms with van der Waals surface area (Å²) < 4.78 is 17.8. The standard InChI is InChI=1S/C25H25N5O4S/c1-32-19-7-5-17(6-8-19)20-14-30-24(27-20)35-25(28-30)29-10-2-3-18(13-29)23(31)26-12-16-4-9-21-22(11-16)34-15-33-21/h4-9,11,14,18H,2-3,10,12-13,15H2,1H3,(H,26,31)/t18-/m0/s1. The van der Waals surface area contributed by atoms with Crippen molar-refractivity contribution in [2.24, 2.45) is 5.92 Å². The van der Waals surface area contributed by atoms with Gasteiger partial charge in [-0.15, -0.1) is 5.10 Å².